The van der Waals surface area contributed by atoms with E-state index in [9.17, 15) is 9.65 Å². The fourth-order valence-electron chi connectivity index (χ4n) is 4.40. The number of rotatable bonds is 6. The van der Waals surface area contributed by atoms with Crippen molar-refractivity contribution in [1.82, 2.24) is 14.8 Å². The molecule has 2 atom stereocenters. The van der Waals surface area contributed by atoms with E-state index in [0.29, 0.717) is 5.56 Å². The molecule has 0 amide bonds. The number of hydrogen-bond acceptors (Lipinski definition) is 4. The SMILES string of the molecule is CC[C@H](OCc1cccc(F)c1C#N)C1(C)Cc2cnn(-c3cccnc3)c2C=C1C. The second-order valence-corrected chi connectivity index (χ2v) is 8.19. The van der Waals surface area contributed by atoms with Crippen molar-refractivity contribution >= 4 is 6.08 Å². The largest absolute Gasteiger partial charge is 0.373 e. The van der Waals surface area contributed by atoms with Gasteiger partial charge in [-0.15, -0.1) is 0 Å². The van der Waals surface area contributed by atoms with Gasteiger partial charge in [-0.3, -0.25) is 4.98 Å². The van der Waals surface area contributed by atoms with Crippen molar-refractivity contribution in [2.75, 3.05) is 0 Å². The van der Waals surface area contributed by atoms with E-state index in [-0.39, 0.29) is 23.7 Å². The number of aromatic nitrogens is 3. The van der Waals surface area contributed by atoms with Gasteiger partial charge in [-0.2, -0.15) is 10.4 Å². The van der Waals surface area contributed by atoms with E-state index in [2.05, 4.69) is 36.9 Å². The van der Waals surface area contributed by atoms with Gasteiger partial charge in [-0.25, -0.2) is 9.07 Å². The molecule has 0 saturated carbocycles. The lowest BCUT2D eigenvalue weighted by molar-refractivity contribution is -0.0301. The van der Waals surface area contributed by atoms with Crippen molar-refractivity contribution in [2.45, 2.75) is 46.3 Å². The highest BCUT2D eigenvalue weighted by Crippen LogP contribution is 2.43. The van der Waals surface area contributed by atoms with E-state index < -0.39 is 5.82 Å². The molecule has 1 aromatic carbocycles. The Balaban J connectivity index is 1.60. The summed E-state index contributed by atoms with van der Waals surface area (Å²) < 4.78 is 22.2. The quantitative estimate of drug-likeness (QED) is 0.551. The predicted octanol–water partition coefficient (Wildman–Crippen LogP) is 5.24. The summed E-state index contributed by atoms with van der Waals surface area (Å²) in [5.41, 5.74) is 4.75. The number of benzene rings is 1. The van der Waals surface area contributed by atoms with Crippen LogP contribution in [0.3, 0.4) is 0 Å². The monoisotopic (exact) mass is 416 g/mol. The van der Waals surface area contributed by atoms with E-state index in [4.69, 9.17) is 4.74 Å². The first-order valence-corrected chi connectivity index (χ1v) is 10.4. The van der Waals surface area contributed by atoms with Gasteiger partial charge in [-0.1, -0.05) is 31.6 Å². The third kappa shape index (κ3) is 3.77. The van der Waals surface area contributed by atoms with Crippen LogP contribution in [0.1, 0.15) is 49.6 Å². The van der Waals surface area contributed by atoms with Crippen molar-refractivity contribution < 1.29 is 9.13 Å². The summed E-state index contributed by atoms with van der Waals surface area (Å²) in [7, 11) is 0. The topological polar surface area (TPSA) is 63.7 Å². The van der Waals surface area contributed by atoms with Crippen LogP contribution in [0.15, 0.2) is 54.5 Å². The summed E-state index contributed by atoms with van der Waals surface area (Å²) in [6, 6.07) is 10.5. The average Bonchev–Trinajstić information content (AvgIpc) is 3.17. The lowest BCUT2D eigenvalue weighted by Gasteiger charge is -2.40. The third-order valence-corrected chi connectivity index (χ3v) is 6.32. The van der Waals surface area contributed by atoms with Crippen LogP contribution >= 0.6 is 0 Å². The first-order valence-electron chi connectivity index (χ1n) is 10.4. The van der Waals surface area contributed by atoms with E-state index in [1.807, 2.05) is 29.1 Å². The Kier molecular flexibility index (Phi) is 5.71. The molecule has 0 N–H and O–H groups in total. The van der Waals surface area contributed by atoms with Crippen LogP contribution in [0, 0.1) is 22.6 Å². The second kappa shape index (κ2) is 8.44. The van der Waals surface area contributed by atoms with Gasteiger partial charge >= 0.3 is 0 Å². The van der Waals surface area contributed by atoms with Gasteiger partial charge in [0.25, 0.3) is 0 Å². The lowest BCUT2D eigenvalue weighted by atomic mass is 9.69. The van der Waals surface area contributed by atoms with Crippen LogP contribution in [0.25, 0.3) is 11.8 Å². The molecule has 158 valence electrons. The maximum absolute atomic E-state index is 14.0. The maximum Gasteiger partial charge on any atom is 0.141 e. The summed E-state index contributed by atoms with van der Waals surface area (Å²) in [6.07, 6.45) is 9.13. The lowest BCUT2D eigenvalue weighted by Crippen LogP contribution is -2.39. The number of nitriles is 1. The molecule has 4 rings (SSSR count). The molecular weight excluding hydrogens is 391 g/mol. The Morgan fingerprint density at radius 1 is 1.29 bits per heavy atom. The molecule has 31 heavy (non-hydrogen) atoms. The summed E-state index contributed by atoms with van der Waals surface area (Å²) in [6.45, 7) is 6.62. The maximum atomic E-state index is 14.0. The second-order valence-electron chi connectivity index (χ2n) is 8.19. The summed E-state index contributed by atoms with van der Waals surface area (Å²) in [4.78, 5) is 4.20. The Morgan fingerprint density at radius 2 is 2.13 bits per heavy atom. The van der Waals surface area contributed by atoms with E-state index >= 15 is 0 Å². The summed E-state index contributed by atoms with van der Waals surface area (Å²) in [5, 5.41) is 13.9. The van der Waals surface area contributed by atoms with Crippen LogP contribution < -0.4 is 0 Å². The molecule has 0 bridgehead atoms. The standard InChI is InChI=1S/C25H25FN4O/c1-4-24(31-16-18-7-5-9-22(26)21(18)13-27)25(3)12-19-14-29-30(23(19)11-17(25)2)20-8-6-10-28-15-20/h5-11,14-15,24H,4,12,16H2,1-3H3/t24-,25?/m0/s1. The van der Waals surface area contributed by atoms with Gasteiger partial charge in [0.1, 0.15) is 11.9 Å². The Bertz CT molecular complexity index is 1160. The van der Waals surface area contributed by atoms with Gasteiger partial charge in [0.2, 0.25) is 0 Å². The fourth-order valence-corrected chi connectivity index (χ4v) is 4.40. The summed E-state index contributed by atoms with van der Waals surface area (Å²) in [5.74, 6) is -0.510. The zero-order chi connectivity index (χ0) is 22.0. The van der Waals surface area contributed by atoms with Crippen molar-refractivity contribution in [3.05, 3.63) is 82.7 Å². The van der Waals surface area contributed by atoms with E-state index in [1.54, 1.807) is 24.5 Å². The smallest absolute Gasteiger partial charge is 0.141 e. The molecule has 1 unspecified atom stereocenters. The first-order chi connectivity index (χ1) is 15.0. The molecule has 0 radical (unpaired) electrons. The molecule has 2 aromatic heterocycles. The zero-order valence-electron chi connectivity index (χ0n) is 18.0. The Morgan fingerprint density at radius 3 is 2.84 bits per heavy atom. The number of ether oxygens (including phenoxy) is 1. The van der Waals surface area contributed by atoms with Gasteiger partial charge in [0.05, 0.1) is 42.0 Å². The number of hydrogen-bond donors (Lipinski definition) is 0. The molecule has 0 aliphatic heterocycles. The number of nitrogens with zero attached hydrogens (tertiary/aromatic N) is 4. The minimum atomic E-state index is -0.510. The van der Waals surface area contributed by atoms with Gasteiger partial charge < -0.3 is 4.74 Å². The minimum Gasteiger partial charge on any atom is -0.373 e. The molecule has 1 aliphatic carbocycles. The van der Waals surface area contributed by atoms with Crippen LogP contribution in [-0.2, 0) is 17.8 Å². The van der Waals surface area contributed by atoms with Crippen molar-refractivity contribution in [2.24, 2.45) is 5.41 Å². The molecule has 6 heteroatoms. The highest BCUT2D eigenvalue weighted by atomic mass is 19.1. The van der Waals surface area contributed by atoms with Crippen molar-refractivity contribution in [3.8, 4) is 11.8 Å². The van der Waals surface area contributed by atoms with Gasteiger partial charge in [0.15, 0.2) is 0 Å². The molecule has 0 spiro atoms. The van der Waals surface area contributed by atoms with E-state index in [1.165, 1.54) is 11.6 Å². The molecule has 0 saturated heterocycles. The number of pyridine rings is 1. The fraction of sp³-hybridized carbons (Fsp3) is 0.320. The zero-order valence-corrected chi connectivity index (χ0v) is 18.0. The van der Waals surface area contributed by atoms with E-state index in [0.717, 1.165) is 29.8 Å². The van der Waals surface area contributed by atoms with Crippen LogP contribution in [-0.4, -0.2) is 20.9 Å². The minimum absolute atomic E-state index is 0.0541. The average molecular weight is 417 g/mol. The third-order valence-electron chi connectivity index (χ3n) is 6.32. The number of fused-ring (bicyclic) bond motifs is 1. The molecule has 5 nitrogen and oxygen atoms in total. The Hall–Kier alpha value is -3.30. The van der Waals surface area contributed by atoms with Crippen LogP contribution in [0.2, 0.25) is 0 Å². The summed E-state index contributed by atoms with van der Waals surface area (Å²) >= 11 is 0. The first kappa shape index (κ1) is 21.0. The van der Waals surface area contributed by atoms with Crippen molar-refractivity contribution in [3.63, 3.8) is 0 Å². The predicted molar refractivity (Wildman–Crippen MR) is 117 cm³/mol. The highest BCUT2D eigenvalue weighted by Gasteiger charge is 2.39. The van der Waals surface area contributed by atoms with Gasteiger partial charge in [-0.05, 0) is 55.2 Å². The molecular formula is C25H25FN4O. The molecule has 1 aliphatic rings. The van der Waals surface area contributed by atoms with Crippen molar-refractivity contribution in [1.29, 1.82) is 5.26 Å². The van der Waals surface area contributed by atoms with Crippen LogP contribution in [0.5, 0.6) is 0 Å². The van der Waals surface area contributed by atoms with Crippen LogP contribution in [0.4, 0.5) is 4.39 Å². The molecule has 3 aromatic rings. The molecule has 0 fully saturated rings. The van der Waals surface area contributed by atoms with Gasteiger partial charge in [0, 0.05) is 11.6 Å². The highest BCUT2D eigenvalue weighted by molar-refractivity contribution is 5.60. The Labute approximate surface area is 181 Å². The normalized spacial score (nSPS) is 18.7. The molecule has 2 heterocycles. The number of halogens is 1.